The summed E-state index contributed by atoms with van der Waals surface area (Å²) < 4.78 is 7.42. The first kappa shape index (κ1) is 12.2. The number of ether oxygens (including phenoxy) is 1. The Balaban J connectivity index is 2.13. The smallest absolute Gasteiger partial charge is 0.224 e. The molecule has 0 spiro atoms. The van der Waals surface area contributed by atoms with Gasteiger partial charge in [-0.05, 0) is 18.2 Å². The third kappa shape index (κ3) is 1.63. The number of carbonyl (C=O) groups excluding carboxylic acids is 1. The number of carbonyl (C=O) groups is 1. The van der Waals surface area contributed by atoms with Gasteiger partial charge in [0.15, 0.2) is 0 Å². The van der Waals surface area contributed by atoms with Gasteiger partial charge in [-0.1, -0.05) is 0 Å². The molecule has 2 aromatic heterocycles. The van der Waals surface area contributed by atoms with Gasteiger partial charge in [-0.25, -0.2) is 0 Å². The van der Waals surface area contributed by atoms with Gasteiger partial charge in [0.2, 0.25) is 5.91 Å². The maximum atomic E-state index is 11.7. The number of benzene rings is 1. The van der Waals surface area contributed by atoms with Crippen LogP contribution in [0.5, 0.6) is 5.75 Å². The second-order valence-electron chi connectivity index (χ2n) is 5.33. The molecule has 0 saturated carbocycles. The Morgan fingerprint density at radius 2 is 2.14 bits per heavy atom. The fourth-order valence-electron chi connectivity index (χ4n) is 3.11. The molecule has 1 amide bonds. The number of nitrogens with one attached hydrogen (secondary N) is 1. The van der Waals surface area contributed by atoms with E-state index in [9.17, 15) is 4.79 Å². The van der Waals surface area contributed by atoms with Crippen LogP contribution in [-0.2, 0) is 18.3 Å². The summed E-state index contributed by atoms with van der Waals surface area (Å²) in [5, 5.41) is 5.10. The number of amides is 1. The predicted octanol–water partition coefficient (Wildman–Crippen LogP) is 2.62. The SMILES string of the molecule is COc1ccc2c(c1)c1cnc3c(c1n2C)NC(=O)CC3. The first-order valence-electron chi connectivity index (χ1n) is 6.93. The number of methoxy groups -OCH3 is 1. The van der Waals surface area contributed by atoms with E-state index in [2.05, 4.69) is 14.9 Å². The Hall–Kier alpha value is -2.56. The molecule has 5 nitrogen and oxygen atoms in total. The lowest BCUT2D eigenvalue weighted by molar-refractivity contribution is -0.116. The first-order valence-corrected chi connectivity index (χ1v) is 6.93. The van der Waals surface area contributed by atoms with Crippen LogP contribution in [-0.4, -0.2) is 22.6 Å². The van der Waals surface area contributed by atoms with E-state index in [0.717, 1.165) is 38.9 Å². The fraction of sp³-hybridized carbons (Fsp3) is 0.250. The highest BCUT2D eigenvalue weighted by molar-refractivity contribution is 6.14. The summed E-state index contributed by atoms with van der Waals surface area (Å²) in [6.07, 6.45) is 3.10. The van der Waals surface area contributed by atoms with Crippen LogP contribution in [0.3, 0.4) is 0 Å². The standard InChI is InChI=1S/C16H15N3O2/c1-19-13-5-3-9(21-2)7-10(13)11-8-17-12-4-6-14(20)18-15(12)16(11)19/h3,5,7-8H,4,6H2,1-2H3,(H,18,20). The number of hydrogen-bond acceptors (Lipinski definition) is 3. The molecule has 0 fully saturated rings. The van der Waals surface area contributed by atoms with Gasteiger partial charge in [0.05, 0.1) is 24.0 Å². The summed E-state index contributed by atoms with van der Waals surface area (Å²) in [5.41, 5.74) is 3.93. The van der Waals surface area contributed by atoms with Crippen LogP contribution in [0.2, 0.25) is 0 Å². The predicted molar refractivity (Wildman–Crippen MR) is 81.7 cm³/mol. The molecule has 1 aliphatic heterocycles. The summed E-state index contributed by atoms with van der Waals surface area (Å²) in [6.45, 7) is 0. The zero-order valence-electron chi connectivity index (χ0n) is 11.9. The lowest BCUT2D eigenvalue weighted by atomic mass is 10.1. The summed E-state index contributed by atoms with van der Waals surface area (Å²) in [4.78, 5) is 16.3. The summed E-state index contributed by atoms with van der Waals surface area (Å²) >= 11 is 0. The minimum absolute atomic E-state index is 0.0552. The Bertz CT molecular complexity index is 896. The number of aryl methyl sites for hydroxylation is 2. The van der Waals surface area contributed by atoms with Crippen LogP contribution in [0.4, 0.5) is 5.69 Å². The largest absolute Gasteiger partial charge is 0.497 e. The molecule has 21 heavy (non-hydrogen) atoms. The van der Waals surface area contributed by atoms with E-state index >= 15 is 0 Å². The van der Waals surface area contributed by atoms with Crippen LogP contribution in [0, 0.1) is 0 Å². The first-order chi connectivity index (χ1) is 10.2. The average molecular weight is 281 g/mol. The van der Waals surface area contributed by atoms with Gasteiger partial charge in [0, 0.05) is 42.4 Å². The number of nitrogens with zero attached hydrogens (tertiary/aromatic N) is 2. The normalized spacial score (nSPS) is 14.3. The Morgan fingerprint density at radius 1 is 1.29 bits per heavy atom. The quantitative estimate of drug-likeness (QED) is 0.746. The molecule has 0 atom stereocenters. The van der Waals surface area contributed by atoms with Gasteiger partial charge >= 0.3 is 0 Å². The molecule has 0 radical (unpaired) electrons. The molecule has 106 valence electrons. The molecule has 3 heterocycles. The maximum absolute atomic E-state index is 11.7. The Labute approximate surface area is 121 Å². The topological polar surface area (TPSA) is 56.1 Å². The lowest BCUT2D eigenvalue weighted by Crippen LogP contribution is -2.20. The van der Waals surface area contributed by atoms with Crippen molar-refractivity contribution in [2.24, 2.45) is 7.05 Å². The van der Waals surface area contributed by atoms with Crippen molar-refractivity contribution in [1.29, 1.82) is 0 Å². The number of fused-ring (bicyclic) bond motifs is 5. The van der Waals surface area contributed by atoms with Crippen LogP contribution >= 0.6 is 0 Å². The molecule has 1 aliphatic rings. The van der Waals surface area contributed by atoms with Crippen LogP contribution < -0.4 is 10.1 Å². The zero-order chi connectivity index (χ0) is 14.6. The zero-order valence-corrected chi connectivity index (χ0v) is 11.9. The van der Waals surface area contributed by atoms with Gasteiger partial charge < -0.3 is 14.6 Å². The second-order valence-corrected chi connectivity index (χ2v) is 5.33. The summed E-state index contributed by atoms with van der Waals surface area (Å²) in [5.74, 6) is 0.872. The van der Waals surface area contributed by atoms with Gasteiger partial charge in [-0.3, -0.25) is 9.78 Å². The van der Waals surface area contributed by atoms with Gasteiger partial charge in [0.1, 0.15) is 5.75 Å². The van der Waals surface area contributed by atoms with Gasteiger partial charge in [-0.15, -0.1) is 0 Å². The van der Waals surface area contributed by atoms with Crippen molar-refractivity contribution in [3.05, 3.63) is 30.1 Å². The molecule has 0 aliphatic carbocycles. The minimum Gasteiger partial charge on any atom is -0.497 e. The van der Waals surface area contributed by atoms with Crippen molar-refractivity contribution < 1.29 is 9.53 Å². The van der Waals surface area contributed by atoms with Crippen molar-refractivity contribution in [2.75, 3.05) is 12.4 Å². The monoisotopic (exact) mass is 281 g/mol. The van der Waals surface area contributed by atoms with E-state index in [0.29, 0.717) is 12.8 Å². The third-order valence-corrected chi connectivity index (χ3v) is 4.17. The molecular weight excluding hydrogens is 266 g/mol. The van der Waals surface area contributed by atoms with Crippen LogP contribution in [0.25, 0.3) is 21.8 Å². The molecule has 1 N–H and O–H groups in total. The highest BCUT2D eigenvalue weighted by atomic mass is 16.5. The van der Waals surface area contributed by atoms with Crippen molar-refractivity contribution in [3.8, 4) is 5.75 Å². The fourth-order valence-corrected chi connectivity index (χ4v) is 3.11. The van der Waals surface area contributed by atoms with E-state index in [1.54, 1.807) is 7.11 Å². The number of pyridine rings is 1. The van der Waals surface area contributed by atoms with Crippen molar-refractivity contribution >= 4 is 33.4 Å². The number of rotatable bonds is 1. The van der Waals surface area contributed by atoms with Crippen molar-refractivity contribution in [3.63, 3.8) is 0 Å². The molecule has 0 bridgehead atoms. The summed E-state index contributed by atoms with van der Waals surface area (Å²) in [7, 11) is 3.67. The van der Waals surface area contributed by atoms with E-state index < -0.39 is 0 Å². The third-order valence-electron chi connectivity index (χ3n) is 4.17. The van der Waals surface area contributed by atoms with E-state index in [1.165, 1.54) is 0 Å². The molecule has 1 aromatic carbocycles. The number of aromatic nitrogens is 2. The maximum Gasteiger partial charge on any atom is 0.224 e. The number of anilines is 1. The van der Waals surface area contributed by atoms with Crippen molar-refractivity contribution in [2.45, 2.75) is 12.8 Å². The Morgan fingerprint density at radius 3 is 2.95 bits per heavy atom. The Kier molecular flexibility index (Phi) is 2.45. The van der Waals surface area contributed by atoms with E-state index in [1.807, 2.05) is 31.4 Å². The van der Waals surface area contributed by atoms with Crippen LogP contribution in [0.1, 0.15) is 12.1 Å². The minimum atomic E-state index is 0.0552. The van der Waals surface area contributed by atoms with E-state index in [-0.39, 0.29) is 5.91 Å². The molecule has 4 rings (SSSR count). The second kappa shape index (κ2) is 4.22. The van der Waals surface area contributed by atoms with E-state index in [4.69, 9.17) is 4.74 Å². The lowest BCUT2D eigenvalue weighted by Gasteiger charge is -2.17. The molecule has 3 aromatic rings. The molecule has 0 saturated heterocycles. The summed E-state index contributed by atoms with van der Waals surface area (Å²) in [6, 6.07) is 5.99. The average Bonchev–Trinajstić information content (AvgIpc) is 2.80. The highest BCUT2D eigenvalue weighted by Crippen LogP contribution is 2.37. The number of hydrogen-bond donors (Lipinski definition) is 1. The van der Waals surface area contributed by atoms with Crippen LogP contribution in [0.15, 0.2) is 24.4 Å². The van der Waals surface area contributed by atoms with Gasteiger partial charge in [-0.2, -0.15) is 0 Å². The van der Waals surface area contributed by atoms with Crippen molar-refractivity contribution in [1.82, 2.24) is 9.55 Å². The molecule has 5 heteroatoms. The highest BCUT2D eigenvalue weighted by Gasteiger charge is 2.22. The van der Waals surface area contributed by atoms with Gasteiger partial charge in [0.25, 0.3) is 0 Å². The molecule has 0 unspecified atom stereocenters. The molecular formula is C16H15N3O2.